The standard InChI is InChI=1S/C25H28F2N10O/c1-14(2)37-22(24(38)35(3)4)19(27)18-21(31-13-32-23(18)37)20-16(26)12-30-25(34-20)33-17-6-5-15(11-29-17)36-9-7-28-8-10-36/h5-6,11-14,28H,7-10H2,1-4H3,(H,29,30,33,34). The van der Waals surface area contributed by atoms with Crippen LogP contribution in [0.25, 0.3) is 22.4 Å². The molecule has 0 spiro atoms. The molecular weight excluding hydrogens is 494 g/mol. The summed E-state index contributed by atoms with van der Waals surface area (Å²) >= 11 is 0. The Bertz CT molecular complexity index is 1480. The third-order valence-corrected chi connectivity index (χ3v) is 6.29. The lowest BCUT2D eigenvalue weighted by Crippen LogP contribution is -2.43. The largest absolute Gasteiger partial charge is 0.368 e. The topological polar surface area (TPSA) is 117 Å². The highest BCUT2D eigenvalue weighted by atomic mass is 19.1. The molecule has 0 aliphatic carbocycles. The molecule has 38 heavy (non-hydrogen) atoms. The lowest BCUT2D eigenvalue weighted by molar-refractivity contribution is 0.0811. The number of rotatable bonds is 6. The fraction of sp³-hybridized carbons (Fsp3) is 0.360. The van der Waals surface area contributed by atoms with E-state index in [1.165, 1.54) is 29.9 Å². The highest BCUT2D eigenvalue weighted by Gasteiger charge is 2.30. The van der Waals surface area contributed by atoms with Crippen molar-refractivity contribution in [1.82, 2.24) is 39.7 Å². The van der Waals surface area contributed by atoms with Gasteiger partial charge in [-0.1, -0.05) is 0 Å². The number of anilines is 3. The number of nitrogens with zero attached hydrogens (tertiary/aromatic N) is 8. The molecule has 0 atom stereocenters. The first-order valence-corrected chi connectivity index (χ1v) is 12.2. The zero-order valence-electron chi connectivity index (χ0n) is 21.5. The molecule has 4 aromatic rings. The minimum Gasteiger partial charge on any atom is -0.368 e. The van der Waals surface area contributed by atoms with E-state index in [0.29, 0.717) is 5.82 Å². The zero-order valence-corrected chi connectivity index (χ0v) is 21.5. The molecule has 0 saturated carbocycles. The van der Waals surface area contributed by atoms with Crippen LogP contribution in [0.15, 0.2) is 30.9 Å². The molecule has 5 rings (SSSR count). The highest BCUT2D eigenvalue weighted by molar-refractivity contribution is 6.01. The van der Waals surface area contributed by atoms with E-state index in [-0.39, 0.29) is 40.1 Å². The Morgan fingerprint density at radius 3 is 2.47 bits per heavy atom. The lowest BCUT2D eigenvalue weighted by Gasteiger charge is -2.29. The summed E-state index contributed by atoms with van der Waals surface area (Å²) in [5.41, 5.74) is 0.684. The summed E-state index contributed by atoms with van der Waals surface area (Å²) in [7, 11) is 3.06. The molecule has 1 fully saturated rings. The number of fused-ring (bicyclic) bond motifs is 1. The lowest BCUT2D eigenvalue weighted by atomic mass is 10.2. The third-order valence-electron chi connectivity index (χ3n) is 6.29. The molecule has 11 nitrogen and oxygen atoms in total. The number of amides is 1. The van der Waals surface area contributed by atoms with Crippen LogP contribution in [0.1, 0.15) is 30.4 Å². The Labute approximate surface area is 218 Å². The van der Waals surface area contributed by atoms with E-state index in [9.17, 15) is 4.79 Å². The Hall–Kier alpha value is -4.26. The normalized spacial score (nSPS) is 13.8. The Morgan fingerprint density at radius 1 is 1.05 bits per heavy atom. The summed E-state index contributed by atoms with van der Waals surface area (Å²) in [5.74, 6) is -1.65. The van der Waals surface area contributed by atoms with Crippen LogP contribution in [0.3, 0.4) is 0 Å². The number of carbonyl (C=O) groups excluding carboxylic acids is 1. The van der Waals surface area contributed by atoms with Crippen molar-refractivity contribution in [1.29, 1.82) is 0 Å². The first kappa shape index (κ1) is 25.4. The summed E-state index contributed by atoms with van der Waals surface area (Å²) < 4.78 is 32.3. The van der Waals surface area contributed by atoms with Crippen LogP contribution in [0.2, 0.25) is 0 Å². The zero-order chi connectivity index (χ0) is 27.0. The monoisotopic (exact) mass is 522 g/mol. The molecule has 1 aliphatic rings. The average molecular weight is 523 g/mol. The minimum atomic E-state index is -0.833. The average Bonchev–Trinajstić information content (AvgIpc) is 3.23. The van der Waals surface area contributed by atoms with Gasteiger partial charge in [-0.2, -0.15) is 0 Å². The van der Waals surface area contributed by atoms with Gasteiger partial charge >= 0.3 is 0 Å². The van der Waals surface area contributed by atoms with E-state index in [1.54, 1.807) is 26.1 Å². The van der Waals surface area contributed by atoms with Gasteiger partial charge in [-0.25, -0.2) is 33.7 Å². The van der Waals surface area contributed by atoms with Gasteiger partial charge in [0, 0.05) is 46.3 Å². The van der Waals surface area contributed by atoms with Gasteiger partial charge in [-0.15, -0.1) is 0 Å². The van der Waals surface area contributed by atoms with Crippen molar-refractivity contribution in [2.75, 3.05) is 50.5 Å². The van der Waals surface area contributed by atoms with E-state index >= 15 is 8.78 Å². The number of piperazine rings is 1. The van der Waals surface area contributed by atoms with Gasteiger partial charge in [0.2, 0.25) is 5.95 Å². The number of hydrogen-bond acceptors (Lipinski definition) is 9. The maximum atomic E-state index is 15.8. The van der Waals surface area contributed by atoms with Crippen LogP contribution in [0.5, 0.6) is 0 Å². The second-order valence-corrected chi connectivity index (χ2v) is 9.40. The third kappa shape index (κ3) is 4.60. The summed E-state index contributed by atoms with van der Waals surface area (Å²) in [6.07, 6.45) is 3.93. The molecule has 1 aliphatic heterocycles. The Kier molecular flexibility index (Phi) is 6.85. The maximum absolute atomic E-state index is 15.8. The maximum Gasteiger partial charge on any atom is 0.273 e. The molecule has 0 radical (unpaired) electrons. The van der Waals surface area contributed by atoms with Gasteiger partial charge in [0.25, 0.3) is 5.91 Å². The molecule has 0 bridgehead atoms. The smallest absolute Gasteiger partial charge is 0.273 e. The number of aromatic nitrogens is 6. The number of halogens is 2. The number of hydrogen-bond donors (Lipinski definition) is 2. The predicted molar refractivity (Wildman–Crippen MR) is 139 cm³/mol. The first-order chi connectivity index (χ1) is 18.3. The predicted octanol–water partition coefficient (Wildman–Crippen LogP) is 3.00. The minimum absolute atomic E-state index is 0.0591. The van der Waals surface area contributed by atoms with Crippen molar-refractivity contribution in [3.05, 3.63) is 48.2 Å². The fourth-order valence-electron chi connectivity index (χ4n) is 4.46. The molecule has 13 heteroatoms. The van der Waals surface area contributed by atoms with Gasteiger partial charge in [0.1, 0.15) is 34.9 Å². The SMILES string of the molecule is CC(C)n1c(C(=O)N(C)C)c(F)c2c(-c3nc(Nc4ccc(N5CCNCC5)cn4)ncc3F)ncnc21. The summed E-state index contributed by atoms with van der Waals surface area (Å²) in [5, 5.41) is 6.19. The molecule has 5 heterocycles. The number of pyridine rings is 1. The Morgan fingerprint density at radius 2 is 1.82 bits per heavy atom. The molecule has 0 unspecified atom stereocenters. The van der Waals surface area contributed by atoms with Crippen molar-refractivity contribution in [3.63, 3.8) is 0 Å². The van der Waals surface area contributed by atoms with Crippen LogP contribution in [0, 0.1) is 11.6 Å². The second kappa shape index (κ2) is 10.2. The van der Waals surface area contributed by atoms with E-state index in [0.717, 1.165) is 38.1 Å². The molecule has 2 N–H and O–H groups in total. The van der Waals surface area contributed by atoms with Gasteiger partial charge in [0.05, 0.1) is 23.5 Å². The summed E-state index contributed by atoms with van der Waals surface area (Å²) in [6, 6.07) is 3.42. The molecule has 1 amide bonds. The van der Waals surface area contributed by atoms with Gasteiger partial charge in [-0.05, 0) is 26.0 Å². The fourth-order valence-corrected chi connectivity index (χ4v) is 4.46. The molecule has 1 saturated heterocycles. The van der Waals surface area contributed by atoms with E-state index in [4.69, 9.17) is 0 Å². The van der Waals surface area contributed by atoms with Gasteiger partial charge in [0.15, 0.2) is 11.6 Å². The van der Waals surface area contributed by atoms with E-state index in [1.807, 2.05) is 6.07 Å². The van der Waals surface area contributed by atoms with E-state index < -0.39 is 17.5 Å². The first-order valence-electron chi connectivity index (χ1n) is 12.2. The molecular formula is C25H28F2N10O. The molecule has 4 aromatic heterocycles. The quantitative estimate of drug-likeness (QED) is 0.394. The van der Waals surface area contributed by atoms with Crippen molar-refractivity contribution >= 4 is 34.4 Å². The van der Waals surface area contributed by atoms with E-state index in [2.05, 4.69) is 40.5 Å². The highest BCUT2D eigenvalue weighted by Crippen LogP contribution is 2.34. The van der Waals surface area contributed by atoms with Crippen molar-refractivity contribution < 1.29 is 13.6 Å². The van der Waals surface area contributed by atoms with Crippen molar-refractivity contribution in [3.8, 4) is 11.4 Å². The van der Waals surface area contributed by atoms with Crippen LogP contribution in [0.4, 0.5) is 26.2 Å². The summed E-state index contributed by atoms with van der Waals surface area (Å²) in [4.78, 5) is 37.5. The van der Waals surface area contributed by atoms with Crippen LogP contribution in [-0.2, 0) is 0 Å². The molecule has 198 valence electrons. The van der Waals surface area contributed by atoms with Crippen LogP contribution < -0.4 is 15.5 Å². The van der Waals surface area contributed by atoms with Crippen molar-refractivity contribution in [2.45, 2.75) is 19.9 Å². The Balaban J connectivity index is 1.53. The van der Waals surface area contributed by atoms with Crippen molar-refractivity contribution in [2.24, 2.45) is 0 Å². The van der Waals surface area contributed by atoms with Gasteiger partial charge in [-0.3, -0.25) is 4.79 Å². The molecule has 0 aromatic carbocycles. The number of nitrogens with one attached hydrogen (secondary N) is 2. The van der Waals surface area contributed by atoms with Crippen LogP contribution in [-0.4, -0.2) is 80.6 Å². The van der Waals surface area contributed by atoms with Gasteiger partial charge < -0.3 is 25.0 Å². The second-order valence-electron chi connectivity index (χ2n) is 9.40. The number of carbonyl (C=O) groups is 1. The summed E-state index contributed by atoms with van der Waals surface area (Å²) in [6.45, 7) is 7.22. The van der Waals surface area contributed by atoms with Crippen LogP contribution >= 0.6 is 0 Å².